The van der Waals surface area contributed by atoms with Crippen LogP contribution in [-0.4, -0.2) is 42.6 Å². The Morgan fingerprint density at radius 3 is 2.32 bits per heavy atom. The molecule has 2 rings (SSSR count). The molecule has 0 spiro atoms. The monoisotopic (exact) mass is 450 g/mol. The molecule has 0 unspecified atom stereocenters. The number of nitrogens with zero attached hydrogens (tertiary/aromatic N) is 1. The molecule has 0 aliphatic rings. The number of rotatable bonds is 13. The van der Waals surface area contributed by atoms with E-state index in [0.29, 0.717) is 29.4 Å². The van der Waals surface area contributed by atoms with Gasteiger partial charge in [0.2, 0.25) is 0 Å². The molecule has 0 amide bonds. The second-order valence-electron chi connectivity index (χ2n) is 6.69. The molecule has 0 saturated carbocycles. The van der Waals surface area contributed by atoms with E-state index in [9.17, 15) is 8.42 Å². The van der Waals surface area contributed by atoms with Crippen molar-refractivity contribution in [2.75, 3.05) is 27.9 Å². The van der Waals surface area contributed by atoms with Gasteiger partial charge in [-0.3, -0.25) is 0 Å². The minimum absolute atomic E-state index is 0.0732. The third-order valence-corrected chi connectivity index (χ3v) is 5.73. The van der Waals surface area contributed by atoms with E-state index in [-0.39, 0.29) is 10.6 Å². The van der Waals surface area contributed by atoms with E-state index in [4.69, 9.17) is 18.9 Å². The Kier molecular flexibility index (Phi) is 9.45. The van der Waals surface area contributed by atoms with Crippen molar-refractivity contribution in [3.8, 4) is 23.0 Å². The summed E-state index contributed by atoms with van der Waals surface area (Å²) in [5.41, 5.74) is 0.649. The van der Waals surface area contributed by atoms with Crippen LogP contribution in [0.2, 0.25) is 0 Å². The number of sulfonamides is 1. The summed E-state index contributed by atoms with van der Waals surface area (Å²) in [6.45, 7) is 2.78. The summed E-state index contributed by atoms with van der Waals surface area (Å²) in [5, 5.41) is 3.87. The van der Waals surface area contributed by atoms with Gasteiger partial charge in [0.25, 0.3) is 10.0 Å². The Morgan fingerprint density at radius 1 is 0.903 bits per heavy atom. The zero-order valence-electron chi connectivity index (χ0n) is 18.4. The van der Waals surface area contributed by atoms with Crippen LogP contribution in [0.3, 0.4) is 0 Å². The van der Waals surface area contributed by atoms with E-state index in [0.717, 1.165) is 12.8 Å². The molecule has 0 bridgehead atoms. The van der Waals surface area contributed by atoms with Crippen LogP contribution in [-0.2, 0) is 10.0 Å². The van der Waals surface area contributed by atoms with E-state index in [1.807, 2.05) is 0 Å². The molecule has 1 N–H and O–H groups in total. The maximum absolute atomic E-state index is 12.6. The molecule has 0 fully saturated rings. The molecule has 0 radical (unpaired) electrons. The number of methoxy groups -OCH3 is 3. The molecule has 31 heavy (non-hydrogen) atoms. The molecule has 9 heteroatoms. The van der Waals surface area contributed by atoms with Gasteiger partial charge in [0.15, 0.2) is 11.5 Å². The smallest absolute Gasteiger partial charge is 0.280 e. The third kappa shape index (κ3) is 7.06. The highest BCUT2D eigenvalue weighted by molar-refractivity contribution is 7.89. The first-order chi connectivity index (χ1) is 14.9. The van der Waals surface area contributed by atoms with Gasteiger partial charge in [-0.2, -0.15) is 18.4 Å². The van der Waals surface area contributed by atoms with Crippen molar-refractivity contribution < 1.29 is 27.4 Å². The van der Waals surface area contributed by atoms with Gasteiger partial charge in [-0.25, -0.2) is 0 Å². The van der Waals surface area contributed by atoms with Crippen molar-refractivity contribution in [3.05, 3.63) is 42.0 Å². The highest BCUT2D eigenvalue weighted by Crippen LogP contribution is 2.29. The highest BCUT2D eigenvalue weighted by Gasteiger charge is 2.20. The summed E-state index contributed by atoms with van der Waals surface area (Å²) in [4.78, 5) is 2.12. The Bertz CT molecular complexity index is 976. The Labute approximate surface area is 184 Å². The fourth-order valence-electron chi connectivity index (χ4n) is 2.81. The second kappa shape index (κ2) is 12.0. The minimum atomic E-state index is -3.96. The Hall–Kier alpha value is -2.94. The summed E-state index contributed by atoms with van der Waals surface area (Å²) in [5.74, 6) is 1.76. The first-order valence-corrected chi connectivity index (χ1v) is 11.5. The molecule has 0 heterocycles. The lowest BCUT2D eigenvalue weighted by Crippen LogP contribution is -2.19. The van der Waals surface area contributed by atoms with Gasteiger partial charge < -0.3 is 18.9 Å². The van der Waals surface area contributed by atoms with E-state index < -0.39 is 10.0 Å². The summed E-state index contributed by atoms with van der Waals surface area (Å²) in [6.07, 6.45) is 5.86. The first kappa shape index (κ1) is 24.3. The first-order valence-electron chi connectivity index (χ1n) is 10.0. The van der Waals surface area contributed by atoms with Crippen molar-refractivity contribution >= 4 is 16.2 Å². The van der Waals surface area contributed by atoms with E-state index in [1.165, 1.54) is 45.4 Å². The largest absolute Gasteiger partial charge is 0.497 e. The van der Waals surface area contributed by atoms with Crippen LogP contribution in [0.25, 0.3) is 0 Å². The summed E-state index contributed by atoms with van der Waals surface area (Å²) in [6, 6.07) is 9.77. The van der Waals surface area contributed by atoms with Crippen LogP contribution in [0.5, 0.6) is 23.0 Å². The number of hydrazone groups is 1. The van der Waals surface area contributed by atoms with Crippen LogP contribution >= 0.6 is 0 Å². The number of nitrogens with one attached hydrogen (secondary N) is 1. The van der Waals surface area contributed by atoms with E-state index in [1.54, 1.807) is 31.4 Å². The number of benzene rings is 2. The van der Waals surface area contributed by atoms with Crippen molar-refractivity contribution in [2.24, 2.45) is 5.10 Å². The SMILES string of the molecule is CCCCCCOc1ccc(/C=N/NS(=O)(=O)c2cc(OC)ccc2OC)cc1OC. The van der Waals surface area contributed by atoms with Crippen molar-refractivity contribution in [3.63, 3.8) is 0 Å². The molecular weight excluding hydrogens is 420 g/mol. The van der Waals surface area contributed by atoms with Gasteiger partial charge >= 0.3 is 0 Å². The summed E-state index contributed by atoms with van der Waals surface area (Å²) in [7, 11) is 0.442. The van der Waals surface area contributed by atoms with Crippen LogP contribution < -0.4 is 23.8 Å². The lowest BCUT2D eigenvalue weighted by Gasteiger charge is -2.11. The maximum Gasteiger partial charge on any atom is 0.280 e. The molecular formula is C22H30N2O6S. The number of unbranched alkanes of at least 4 members (excludes halogenated alkanes) is 3. The van der Waals surface area contributed by atoms with E-state index >= 15 is 0 Å². The van der Waals surface area contributed by atoms with Gasteiger partial charge in [-0.1, -0.05) is 26.2 Å². The van der Waals surface area contributed by atoms with E-state index in [2.05, 4.69) is 16.9 Å². The molecule has 0 aromatic heterocycles. The highest BCUT2D eigenvalue weighted by atomic mass is 32.2. The van der Waals surface area contributed by atoms with Crippen molar-refractivity contribution in [2.45, 2.75) is 37.5 Å². The molecule has 0 atom stereocenters. The van der Waals surface area contributed by atoms with Crippen LogP contribution in [0.15, 0.2) is 46.4 Å². The zero-order chi connectivity index (χ0) is 22.7. The second-order valence-corrected chi connectivity index (χ2v) is 8.32. The van der Waals surface area contributed by atoms with Gasteiger partial charge in [0.05, 0.1) is 34.2 Å². The average Bonchev–Trinajstić information content (AvgIpc) is 2.78. The number of ether oxygens (including phenoxy) is 4. The topological polar surface area (TPSA) is 95.5 Å². The third-order valence-electron chi connectivity index (χ3n) is 4.49. The number of hydrogen-bond acceptors (Lipinski definition) is 7. The average molecular weight is 451 g/mol. The molecule has 0 aliphatic carbocycles. The molecule has 170 valence electrons. The lowest BCUT2D eigenvalue weighted by molar-refractivity contribution is 0.285. The van der Waals surface area contributed by atoms with Gasteiger partial charge in [0.1, 0.15) is 16.4 Å². The quantitative estimate of drug-likeness (QED) is 0.282. The molecule has 8 nitrogen and oxygen atoms in total. The van der Waals surface area contributed by atoms with Crippen LogP contribution in [0.1, 0.15) is 38.2 Å². The maximum atomic E-state index is 12.6. The van der Waals surface area contributed by atoms with Gasteiger partial charge in [-0.05, 0) is 42.3 Å². The van der Waals surface area contributed by atoms with Crippen LogP contribution in [0, 0.1) is 0 Å². The fraction of sp³-hybridized carbons (Fsp3) is 0.409. The van der Waals surface area contributed by atoms with Crippen molar-refractivity contribution in [1.82, 2.24) is 4.83 Å². The Balaban J connectivity index is 2.08. The van der Waals surface area contributed by atoms with Gasteiger partial charge in [0, 0.05) is 6.07 Å². The fourth-order valence-corrected chi connectivity index (χ4v) is 3.79. The van der Waals surface area contributed by atoms with Gasteiger partial charge in [-0.15, -0.1) is 0 Å². The predicted molar refractivity (Wildman–Crippen MR) is 120 cm³/mol. The minimum Gasteiger partial charge on any atom is -0.497 e. The normalized spacial score (nSPS) is 11.4. The Morgan fingerprint density at radius 2 is 1.65 bits per heavy atom. The summed E-state index contributed by atoms with van der Waals surface area (Å²) >= 11 is 0. The standard InChI is InChI=1S/C22H30N2O6S/c1-5-6-7-8-13-30-19-11-9-17(14-21(19)29-4)16-23-24-31(25,26)22-15-18(27-2)10-12-20(22)28-3/h9-12,14-16,24H,5-8,13H2,1-4H3/b23-16+. The predicted octanol–water partition coefficient (Wildman–Crippen LogP) is 3.98. The molecule has 2 aromatic rings. The van der Waals surface area contributed by atoms with Crippen molar-refractivity contribution in [1.29, 1.82) is 0 Å². The molecule has 2 aromatic carbocycles. The van der Waals surface area contributed by atoms with Crippen LogP contribution in [0.4, 0.5) is 0 Å². The summed E-state index contributed by atoms with van der Waals surface area (Å²) < 4.78 is 46.7. The lowest BCUT2D eigenvalue weighted by atomic mass is 10.2. The molecule has 0 saturated heterocycles. The molecule has 0 aliphatic heterocycles. The zero-order valence-corrected chi connectivity index (χ0v) is 19.2. The number of hydrogen-bond donors (Lipinski definition) is 1.